The van der Waals surface area contributed by atoms with Crippen molar-refractivity contribution < 1.29 is 9.26 Å². The van der Waals surface area contributed by atoms with E-state index in [2.05, 4.69) is 31.0 Å². The molecule has 3 aromatic heterocycles. The Bertz CT molecular complexity index is 827. The molecule has 4 heterocycles. The van der Waals surface area contributed by atoms with Crippen molar-refractivity contribution in [2.75, 3.05) is 38.2 Å². The molecule has 0 bridgehead atoms. The largest absolute Gasteiger partial charge is 0.481 e. The molecule has 7 heteroatoms. The molecule has 4 rings (SSSR count). The Morgan fingerprint density at radius 2 is 2.00 bits per heavy atom. The maximum atomic E-state index is 5.50. The number of hydrogen-bond acceptors (Lipinski definition) is 7. The van der Waals surface area contributed by atoms with Gasteiger partial charge in [-0.2, -0.15) is 0 Å². The number of ether oxygens (including phenoxy) is 1. The Kier molecular flexibility index (Phi) is 4.79. The maximum Gasteiger partial charge on any atom is 0.213 e. The highest BCUT2D eigenvalue weighted by atomic mass is 16.5. The fourth-order valence-electron chi connectivity index (χ4n) is 3.10. The van der Waals surface area contributed by atoms with Crippen molar-refractivity contribution >= 4 is 5.69 Å². The number of methoxy groups -OCH3 is 1. The van der Waals surface area contributed by atoms with Crippen LogP contribution in [0.5, 0.6) is 5.88 Å². The van der Waals surface area contributed by atoms with Crippen LogP contribution in [0.1, 0.15) is 5.76 Å². The molecule has 7 nitrogen and oxygen atoms in total. The molecule has 1 fully saturated rings. The van der Waals surface area contributed by atoms with Gasteiger partial charge in [-0.25, -0.2) is 4.98 Å². The summed E-state index contributed by atoms with van der Waals surface area (Å²) in [6.07, 6.45) is 5.41. The Labute approximate surface area is 152 Å². The Morgan fingerprint density at radius 3 is 2.69 bits per heavy atom. The summed E-state index contributed by atoms with van der Waals surface area (Å²) in [5.41, 5.74) is 2.93. The van der Waals surface area contributed by atoms with Crippen LogP contribution in [0.4, 0.5) is 5.69 Å². The van der Waals surface area contributed by atoms with Crippen molar-refractivity contribution in [3.05, 3.63) is 54.7 Å². The van der Waals surface area contributed by atoms with E-state index in [4.69, 9.17) is 9.26 Å². The predicted octanol–water partition coefficient (Wildman–Crippen LogP) is 2.46. The van der Waals surface area contributed by atoms with E-state index in [1.165, 1.54) is 0 Å². The molecule has 26 heavy (non-hydrogen) atoms. The first-order valence-electron chi connectivity index (χ1n) is 8.65. The van der Waals surface area contributed by atoms with Crippen molar-refractivity contribution in [2.45, 2.75) is 6.54 Å². The highest BCUT2D eigenvalue weighted by molar-refractivity contribution is 5.57. The quantitative estimate of drug-likeness (QED) is 0.699. The molecule has 0 unspecified atom stereocenters. The van der Waals surface area contributed by atoms with E-state index in [1.807, 2.05) is 30.5 Å². The summed E-state index contributed by atoms with van der Waals surface area (Å²) in [7, 11) is 1.63. The zero-order chi connectivity index (χ0) is 17.8. The average Bonchev–Trinajstić information content (AvgIpc) is 3.18. The van der Waals surface area contributed by atoms with E-state index in [1.54, 1.807) is 19.5 Å². The topological polar surface area (TPSA) is 67.5 Å². The van der Waals surface area contributed by atoms with E-state index in [-0.39, 0.29) is 0 Å². The molecular formula is C19H21N5O2. The van der Waals surface area contributed by atoms with Gasteiger partial charge in [-0.05, 0) is 18.2 Å². The van der Waals surface area contributed by atoms with Crippen LogP contribution in [-0.2, 0) is 6.54 Å². The van der Waals surface area contributed by atoms with Gasteiger partial charge in [0.25, 0.3) is 0 Å². The minimum absolute atomic E-state index is 0.641. The van der Waals surface area contributed by atoms with Gasteiger partial charge in [0.05, 0.1) is 25.5 Å². The third-order valence-corrected chi connectivity index (χ3v) is 4.56. The first kappa shape index (κ1) is 16.5. The van der Waals surface area contributed by atoms with Crippen LogP contribution in [0.2, 0.25) is 0 Å². The molecular weight excluding hydrogens is 330 g/mol. The summed E-state index contributed by atoms with van der Waals surface area (Å²) in [5, 5.41) is 4.16. The summed E-state index contributed by atoms with van der Waals surface area (Å²) in [6, 6.07) is 9.83. The molecule has 3 aromatic rings. The average molecular weight is 351 g/mol. The van der Waals surface area contributed by atoms with Gasteiger partial charge in [-0.1, -0.05) is 5.16 Å². The molecule has 0 aliphatic carbocycles. The van der Waals surface area contributed by atoms with Gasteiger partial charge in [-0.15, -0.1) is 0 Å². The highest BCUT2D eigenvalue weighted by Gasteiger charge is 2.19. The molecule has 0 radical (unpaired) electrons. The van der Waals surface area contributed by atoms with Gasteiger partial charge in [0, 0.05) is 56.3 Å². The van der Waals surface area contributed by atoms with Crippen molar-refractivity contribution in [1.29, 1.82) is 0 Å². The normalized spacial score (nSPS) is 15.2. The number of nitrogens with zero attached hydrogens (tertiary/aromatic N) is 5. The maximum absolute atomic E-state index is 5.50. The standard InChI is InChI=1S/C19H21N5O2/c1-25-19-5-4-16(13-21-19)24-9-7-23(8-10-24)14-17-11-18(22-26-17)15-3-2-6-20-12-15/h2-6,11-13H,7-10,14H2,1H3. The Hall–Kier alpha value is -2.93. The van der Waals surface area contributed by atoms with Crippen LogP contribution in [0.15, 0.2) is 53.4 Å². The van der Waals surface area contributed by atoms with Crippen LogP contribution >= 0.6 is 0 Å². The number of pyridine rings is 2. The predicted molar refractivity (Wildman–Crippen MR) is 98.0 cm³/mol. The van der Waals surface area contributed by atoms with Crippen LogP contribution in [0.25, 0.3) is 11.3 Å². The first-order valence-corrected chi connectivity index (χ1v) is 8.65. The Morgan fingerprint density at radius 1 is 1.12 bits per heavy atom. The van der Waals surface area contributed by atoms with Gasteiger partial charge >= 0.3 is 0 Å². The first-order chi connectivity index (χ1) is 12.8. The number of aromatic nitrogens is 3. The molecule has 0 N–H and O–H groups in total. The van der Waals surface area contributed by atoms with Gasteiger partial charge in [0.1, 0.15) is 5.69 Å². The summed E-state index contributed by atoms with van der Waals surface area (Å²) in [5.74, 6) is 1.52. The zero-order valence-electron chi connectivity index (χ0n) is 14.7. The molecule has 0 amide bonds. The summed E-state index contributed by atoms with van der Waals surface area (Å²) in [6.45, 7) is 4.61. The monoisotopic (exact) mass is 351 g/mol. The Balaban J connectivity index is 1.33. The molecule has 0 saturated carbocycles. The lowest BCUT2D eigenvalue weighted by molar-refractivity contribution is 0.220. The van der Waals surface area contributed by atoms with Gasteiger partial charge in [0.2, 0.25) is 5.88 Å². The van der Waals surface area contributed by atoms with Gasteiger partial charge < -0.3 is 14.2 Å². The number of piperazine rings is 1. The number of rotatable bonds is 5. The molecule has 0 atom stereocenters. The molecule has 134 valence electrons. The molecule has 0 spiro atoms. The third kappa shape index (κ3) is 3.67. The van der Waals surface area contributed by atoms with E-state index in [9.17, 15) is 0 Å². The fraction of sp³-hybridized carbons (Fsp3) is 0.316. The lowest BCUT2D eigenvalue weighted by Gasteiger charge is -2.35. The van der Waals surface area contributed by atoms with Crippen molar-refractivity contribution in [2.24, 2.45) is 0 Å². The van der Waals surface area contributed by atoms with E-state index < -0.39 is 0 Å². The zero-order valence-corrected chi connectivity index (χ0v) is 14.7. The van der Waals surface area contributed by atoms with Gasteiger partial charge in [0.15, 0.2) is 5.76 Å². The lowest BCUT2D eigenvalue weighted by Crippen LogP contribution is -2.45. The summed E-state index contributed by atoms with van der Waals surface area (Å²) in [4.78, 5) is 13.1. The van der Waals surface area contributed by atoms with Crippen LogP contribution in [0, 0.1) is 0 Å². The van der Waals surface area contributed by atoms with E-state index in [0.717, 1.165) is 55.4 Å². The minimum Gasteiger partial charge on any atom is -0.481 e. The fourth-order valence-corrected chi connectivity index (χ4v) is 3.10. The van der Waals surface area contributed by atoms with Crippen molar-refractivity contribution in [1.82, 2.24) is 20.0 Å². The second-order valence-corrected chi connectivity index (χ2v) is 6.24. The number of anilines is 1. The third-order valence-electron chi connectivity index (χ3n) is 4.56. The SMILES string of the molecule is COc1ccc(N2CCN(Cc3cc(-c4cccnc4)no3)CC2)cn1. The van der Waals surface area contributed by atoms with Crippen LogP contribution in [0.3, 0.4) is 0 Å². The second-order valence-electron chi connectivity index (χ2n) is 6.24. The van der Waals surface area contributed by atoms with Gasteiger partial charge in [-0.3, -0.25) is 9.88 Å². The molecule has 1 aliphatic rings. The van der Waals surface area contributed by atoms with Crippen molar-refractivity contribution in [3.63, 3.8) is 0 Å². The molecule has 0 aromatic carbocycles. The lowest BCUT2D eigenvalue weighted by atomic mass is 10.2. The molecule has 1 saturated heterocycles. The summed E-state index contributed by atoms with van der Waals surface area (Å²) < 4.78 is 10.6. The number of hydrogen-bond donors (Lipinski definition) is 0. The summed E-state index contributed by atoms with van der Waals surface area (Å²) >= 11 is 0. The highest BCUT2D eigenvalue weighted by Crippen LogP contribution is 2.21. The van der Waals surface area contributed by atoms with E-state index >= 15 is 0 Å². The minimum atomic E-state index is 0.641. The van der Waals surface area contributed by atoms with E-state index in [0.29, 0.717) is 5.88 Å². The molecule has 1 aliphatic heterocycles. The van der Waals surface area contributed by atoms with Crippen LogP contribution < -0.4 is 9.64 Å². The van der Waals surface area contributed by atoms with Crippen molar-refractivity contribution in [3.8, 4) is 17.1 Å². The van der Waals surface area contributed by atoms with Crippen LogP contribution in [-0.4, -0.2) is 53.3 Å². The second kappa shape index (κ2) is 7.53. The smallest absolute Gasteiger partial charge is 0.213 e.